The summed E-state index contributed by atoms with van der Waals surface area (Å²) in [6.07, 6.45) is 1.73. The number of anilines is 1. The van der Waals surface area contributed by atoms with E-state index in [-0.39, 0.29) is 5.69 Å². The van der Waals surface area contributed by atoms with Crippen LogP contribution in [0.15, 0.2) is 52.3 Å². The monoisotopic (exact) mass is 300 g/mol. The van der Waals surface area contributed by atoms with E-state index in [0.29, 0.717) is 12.2 Å². The van der Waals surface area contributed by atoms with E-state index in [9.17, 15) is 4.79 Å². The molecule has 0 aliphatic carbocycles. The minimum absolute atomic E-state index is 0.101. The van der Waals surface area contributed by atoms with Crippen molar-refractivity contribution in [3.63, 3.8) is 0 Å². The van der Waals surface area contributed by atoms with E-state index in [1.54, 1.807) is 22.4 Å². The van der Waals surface area contributed by atoms with Gasteiger partial charge < -0.3 is 5.73 Å². The van der Waals surface area contributed by atoms with E-state index in [2.05, 4.69) is 5.10 Å². The molecule has 0 saturated heterocycles. The Morgan fingerprint density at radius 2 is 2.10 bits per heavy atom. The third-order valence-corrected chi connectivity index (χ3v) is 4.52. The van der Waals surface area contributed by atoms with Gasteiger partial charge >= 0.3 is 5.69 Å². The molecule has 0 unspecified atom stereocenters. The van der Waals surface area contributed by atoms with Crippen LogP contribution in [0.4, 0.5) is 5.69 Å². The molecule has 0 fully saturated rings. The summed E-state index contributed by atoms with van der Waals surface area (Å²) in [4.78, 5) is 13.3. The molecule has 0 amide bonds. The van der Waals surface area contributed by atoms with Crippen molar-refractivity contribution in [2.45, 2.75) is 18.4 Å². The normalized spacial score (nSPS) is 11.1. The van der Waals surface area contributed by atoms with Gasteiger partial charge in [-0.05, 0) is 36.8 Å². The number of thioether (sulfide) groups is 1. The molecule has 3 rings (SSSR count). The molecule has 6 heteroatoms. The smallest absolute Gasteiger partial charge is 0.350 e. The highest BCUT2D eigenvalue weighted by atomic mass is 32.2. The second-order valence-corrected chi connectivity index (χ2v) is 5.89. The lowest BCUT2D eigenvalue weighted by Gasteiger charge is -2.07. The first-order chi connectivity index (χ1) is 10.2. The third kappa shape index (κ3) is 2.67. The van der Waals surface area contributed by atoms with E-state index in [0.717, 1.165) is 21.9 Å². The van der Waals surface area contributed by atoms with Gasteiger partial charge in [-0.2, -0.15) is 0 Å². The fourth-order valence-corrected chi connectivity index (χ4v) is 3.14. The molecule has 5 nitrogen and oxygen atoms in total. The molecule has 1 aromatic carbocycles. The molecule has 0 atom stereocenters. The number of pyridine rings is 1. The summed E-state index contributed by atoms with van der Waals surface area (Å²) < 4.78 is 3.06. The average molecular weight is 300 g/mol. The Hall–Kier alpha value is -2.21. The molecule has 2 N–H and O–H groups in total. The second kappa shape index (κ2) is 5.65. The highest BCUT2D eigenvalue weighted by Crippen LogP contribution is 2.25. The number of fused-ring (bicyclic) bond motifs is 1. The van der Waals surface area contributed by atoms with Gasteiger partial charge in [-0.3, -0.25) is 4.40 Å². The molecule has 3 aromatic rings. The topological polar surface area (TPSA) is 65.3 Å². The number of hydrogen-bond donors (Lipinski definition) is 1. The molecular weight excluding hydrogens is 284 g/mol. The van der Waals surface area contributed by atoms with Crippen LogP contribution in [0, 0.1) is 6.92 Å². The minimum atomic E-state index is -0.101. The summed E-state index contributed by atoms with van der Waals surface area (Å²) in [5, 5.41) is 4.31. The van der Waals surface area contributed by atoms with Gasteiger partial charge in [0, 0.05) is 22.5 Å². The van der Waals surface area contributed by atoms with Crippen LogP contribution in [0.25, 0.3) is 5.65 Å². The molecule has 0 saturated carbocycles. The summed E-state index contributed by atoms with van der Waals surface area (Å²) in [5.74, 6) is 0.772. The molecule has 0 radical (unpaired) electrons. The van der Waals surface area contributed by atoms with Crippen LogP contribution in [0.3, 0.4) is 0 Å². The van der Waals surface area contributed by atoms with Gasteiger partial charge in [0.2, 0.25) is 0 Å². The summed E-state index contributed by atoms with van der Waals surface area (Å²) in [5.41, 5.74) is 8.35. The van der Waals surface area contributed by atoms with Crippen LogP contribution in [0.2, 0.25) is 0 Å². The molecular formula is C15H16N4OS. The minimum Gasteiger partial charge on any atom is -0.398 e. The lowest BCUT2D eigenvalue weighted by atomic mass is 10.2. The highest BCUT2D eigenvalue weighted by molar-refractivity contribution is 7.99. The number of rotatable bonds is 4. The van der Waals surface area contributed by atoms with Crippen molar-refractivity contribution < 1.29 is 0 Å². The standard InChI is InChI=1S/C15H16N4OS/c1-11-12(16)5-4-6-13(11)21-10-9-19-15(20)18-8-3-2-7-14(18)17-19/h2-8H,9-10,16H2,1H3. The molecule has 2 aromatic heterocycles. The van der Waals surface area contributed by atoms with Gasteiger partial charge in [-0.25, -0.2) is 9.48 Å². The maximum Gasteiger partial charge on any atom is 0.350 e. The van der Waals surface area contributed by atoms with Crippen LogP contribution in [-0.2, 0) is 6.54 Å². The predicted molar refractivity (Wildman–Crippen MR) is 85.8 cm³/mol. The number of aromatic nitrogens is 3. The van der Waals surface area contributed by atoms with Crippen molar-refractivity contribution in [2.24, 2.45) is 0 Å². The third-order valence-electron chi connectivity index (χ3n) is 3.38. The first-order valence-corrected chi connectivity index (χ1v) is 7.67. The van der Waals surface area contributed by atoms with Gasteiger partial charge in [0.1, 0.15) is 0 Å². The average Bonchev–Trinajstić information content (AvgIpc) is 2.81. The van der Waals surface area contributed by atoms with Crippen molar-refractivity contribution in [1.82, 2.24) is 14.2 Å². The van der Waals surface area contributed by atoms with E-state index < -0.39 is 0 Å². The molecule has 0 spiro atoms. The molecule has 108 valence electrons. The van der Waals surface area contributed by atoms with Gasteiger partial charge in [0.05, 0.1) is 6.54 Å². The Bertz CT molecular complexity index is 837. The number of aryl methyl sites for hydroxylation is 1. The second-order valence-electron chi connectivity index (χ2n) is 4.75. The van der Waals surface area contributed by atoms with E-state index in [4.69, 9.17) is 5.73 Å². The predicted octanol–water partition coefficient (Wildman–Crippen LogP) is 2.18. The largest absolute Gasteiger partial charge is 0.398 e. The van der Waals surface area contributed by atoms with Crippen LogP contribution in [-0.4, -0.2) is 19.9 Å². The van der Waals surface area contributed by atoms with E-state index >= 15 is 0 Å². The Morgan fingerprint density at radius 1 is 1.24 bits per heavy atom. The fraction of sp³-hybridized carbons (Fsp3) is 0.200. The van der Waals surface area contributed by atoms with Crippen molar-refractivity contribution in [3.05, 3.63) is 58.6 Å². The summed E-state index contributed by atoms with van der Waals surface area (Å²) in [6, 6.07) is 11.4. The van der Waals surface area contributed by atoms with E-state index in [1.807, 2.05) is 43.3 Å². The molecule has 21 heavy (non-hydrogen) atoms. The maximum atomic E-state index is 12.1. The highest BCUT2D eigenvalue weighted by Gasteiger charge is 2.06. The summed E-state index contributed by atoms with van der Waals surface area (Å²) >= 11 is 1.69. The Morgan fingerprint density at radius 3 is 2.90 bits per heavy atom. The van der Waals surface area contributed by atoms with Gasteiger partial charge in [-0.1, -0.05) is 12.1 Å². The Kier molecular flexibility index (Phi) is 3.70. The summed E-state index contributed by atoms with van der Waals surface area (Å²) in [6.45, 7) is 2.58. The van der Waals surface area contributed by atoms with Gasteiger partial charge in [0.15, 0.2) is 5.65 Å². The summed E-state index contributed by atoms with van der Waals surface area (Å²) in [7, 11) is 0. The zero-order valence-corrected chi connectivity index (χ0v) is 12.5. The zero-order valence-electron chi connectivity index (χ0n) is 11.7. The fourth-order valence-electron chi connectivity index (χ4n) is 2.14. The van der Waals surface area contributed by atoms with Crippen LogP contribution in [0.1, 0.15) is 5.56 Å². The van der Waals surface area contributed by atoms with E-state index in [1.165, 1.54) is 4.68 Å². The number of benzene rings is 1. The van der Waals surface area contributed by atoms with Crippen molar-refractivity contribution in [3.8, 4) is 0 Å². The Balaban J connectivity index is 1.74. The van der Waals surface area contributed by atoms with Crippen LogP contribution >= 0.6 is 11.8 Å². The zero-order chi connectivity index (χ0) is 14.8. The Labute approximate surface area is 126 Å². The molecule has 0 aliphatic heterocycles. The number of nitrogen functional groups attached to an aromatic ring is 1. The number of hydrogen-bond acceptors (Lipinski definition) is 4. The molecule has 0 bridgehead atoms. The molecule has 2 heterocycles. The first-order valence-electron chi connectivity index (χ1n) is 6.69. The lowest BCUT2D eigenvalue weighted by molar-refractivity contribution is 0.639. The first kappa shape index (κ1) is 13.8. The van der Waals surface area contributed by atoms with Crippen LogP contribution in [0.5, 0.6) is 0 Å². The van der Waals surface area contributed by atoms with Crippen molar-refractivity contribution in [2.75, 3.05) is 11.5 Å². The van der Waals surface area contributed by atoms with Gasteiger partial charge in [-0.15, -0.1) is 16.9 Å². The van der Waals surface area contributed by atoms with Crippen LogP contribution < -0.4 is 11.4 Å². The van der Waals surface area contributed by atoms with Gasteiger partial charge in [0.25, 0.3) is 0 Å². The number of nitrogens with zero attached hydrogens (tertiary/aromatic N) is 3. The van der Waals surface area contributed by atoms with Crippen molar-refractivity contribution in [1.29, 1.82) is 0 Å². The van der Waals surface area contributed by atoms with Crippen molar-refractivity contribution >= 4 is 23.1 Å². The quantitative estimate of drug-likeness (QED) is 0.592. The maximum absolute atomic E-state index is 12.1. The SMILES string of the molecule is Cc1c(N)cccc1SCCn1nc2ccccn2c1=O. The molecule has 0 aliphatic rings. The lowest BCUT2D eigenvalue weighted by Crippen LogP contribution is -2.21. The number of nitrogens with two attached hydrogens (primary N) is 1.